The molecule has 2 aliphatic rings. The number of rotatable bonds is 3. The van der Waals surface area contributed by atoms with E-state index in [0.29, 0.717) is 24.6 Å². The smallest absolute Gasteiger partial charge is 0.322 e. The maximum absolute atomic E-state index is 13.0. The van der Waals surface area contributed by atoms with E-state index in [1.807, 2.05) is 54.3 Å². The molecule has 0 unspecified atom stereocenters. The molecule has 0 bridgehead atoms. The van der Waals surface area contributed by atoms with Crippen LogP contribution in [0.4, 0.5) is 10.5 Å². The zero-order valence-electron chi connectivity index (χ0n) is 17.0. The van der Waals surface area contributed by atoms with Crippen LogP contribution in [-0.4, -0.2) is 53.0 Å². The van der Waals surface area contributed by atoms with Crippen LogP contribution in [0.2, 0.25) is 0 Å². The summed E-state index contributed by atoms with van der Waals surface area (Å²) >= 11 is 0. The van der Waals surface area contributed by atoms with E-state index in [9.17, 15) is 9.59 Å². The quantitative estimate of drug-likeness (QED) is 0.703. The number of hydrogen-bond acceptors (Lipinski definition) is 3. The number of H-pyrrole nitrogens is 1. The number of carbonyl (C=O) groups is 2. The molecule has 3 aromatic rings. The van der Waals surface area contributed by atoms with E-state index in [-0.39, 0.29) is 11.9 Å². The Morgan fingerprint density at radius 2 is 1.90 bits per heavy atom. The summed E-state index contributed by atoms with van der Waals surface area (Å²) in [6.07, 6.45) is 1.80. The number of fused-ring (bicyclic) bond motifs is 1. The van der Waals surface area contributed by atoms with Crippen LogP contribution in [-0.2, 0) is 0 Å². The lowest BCUT2D eigenvalue weighted by Gasteiger charge is -2.31. The largest absolute Gasteiger partial charge is 0.342 e. The van der Waals surface area contributed by atoms with E-state index < -0.39 is 0 Å². The molecule has 0 spiro atoms. The third-order valence-corrected chi connectivity index (χ3v) is 6.17. The first-order valence-electron chi connectivity index (χ1n) is 10.5. The van der Waals surface area contributed by atoms with Crippen molar-refractivity contribution in [3.63, 3.8) is 0 Å². The lowest BCUT2D eigenvalue weighted by Crippen LogP contribution is -2.38. The molecule has 7 nitrogen and oxygen atoms in total. The van der Waals surface area contributed by atoms with Gasteiger partial charge >= 0.3 is 6.03 Å². The number of imidazole rings is 1. The van der Waals surface area contributed by atoms with Gasteiger partial charge in [0.25, 0.3) is 5.91 Å². The van der Waals surface area contributed by atoms with Crippen molar-refractivity contribution < 1.29 is 9.59 Å². The predicted octanol–water partition coefficient (Wildman–Crippen LogP) is 3.42. The van der Waals surface area contributed by atoms with Crippen molar-refractivity contribution in [3.8, 4) is 0 Å². The number of nitrogens with zero attached hydrogens (tertiary/aromatic N) is 3. The van der Waals surface area contributed by atoms with Crippen LogP contribution in [0.1, 0.15) is 40.5 Å². The van der Waals surface area contributed by atoms with Gasteiger partial charge in [-0.25, -0.2) is 9.78 Å². The van der Waals surface area contributed by atoms with Crippen LogP contribution < -0.4 is 10.2 Å². The maximum atomic E-state index is 13.0. The molecule has 0 aliphatic carbocycles. The number of carbonyl (C=O) groups excluding carboxylic acids is 2. The van der Waals surface area contributed by atoms with E-state index in [1.54, 1.807) is 4.90 Å². The molecule has 2 saturated heterocycles. The Kier molecular flexibility index (Phi) is 4.65. The highest BCUT2D eigenvalue weighted by molar-refractivity contribution is 5.98. The van der Waals surface area contributed by atoms with Crippen LogP contribution in [0, 0.1) is 6.92 Å². The van der Waals surface area contributed by atoms with E-state index in [1.165, 1.54) is 0 Å². The van der Waals surface area contributed by atoms with Gasteiger partial charge in [0.05, 0.1) is 11.0 Å². The second-order valence-corrected chi connectivity index (χ2v) is 8.09. The van der Waals surface area contributed by atoms with Gasteiger partial charge in [0.15, 0.2) is 0 Å². The van der Waals surface area contributed by atoms with Crippen molar-refractivity contribution in [1.29, 1.82) is 0 Å². The number of anilines is 1. The number of likely N-dealkylation sites (tertiary alicyclic amines) is 1. The Balaban J connectivity index is 1.26. The summed E-state index contributed by atoms with van der Waals surface area (Å²) in [5, 5.41) is 2.81. The van der Waals surface area contributed by atoms with Gasteiger partial charge in [-0.3, -0.25) is 9.69 Å². The van der Waals surface area contributed by atoms with Gasteiger partial charge in [0, 0.05) is 43.3 Å². The van der Waals surface area contributed by atoms with Gasteiger partial charge in [-0.15, -0.1) is 0 Å². The summed E-state index contributed by atoms with van der Waals surface area (Å²) in [6, 6.07) is 13.6. The highest BCUT2D eigenvalue weighted by atomic mass is 16.2. The summed E-state index contributed by atoms with van der Waals surface area (Å²) in [4.78, 5) is 36.8. The summed E-state index contributed by atoms with van der Waals surface area (Å²) in [6.45, 7) is 4.69. The van der Waals surface area contributed by atoms with Gasteiger partial charge in [0.1, 0.15) is 5.82 Å². The number of nitrogens with one attached hydrogen (secondary N) is 2. The number of urea groups is 1. The number of aromatic amines is 1. The Morgan fingerprint density at radius 1 is 1.10 bits per heavy atom. The fraction of sp³-hybridized carbons (Fsp3) is 0.348. The van der Waals surface area contributed by atoms with Crippen molar-refractivity contribution in [1.82, 2.24) is 20.2 Å². The molecule has 2 fully saturated rings. The number of hydrogen-bond donors (Lipinski definition) is 2. The molecule has 0 saturated carbocycles. The normalized spacial score (nSPS) is 17.6. The molecule has 0 radical (unpaired) electrons. The van der Waals surface area contributed by atoms with Gasteiger partial charge in [-0.05, 0) is 55.7 Å². The molecule has 154 valence electrons. The minimum absolute atomic E-state index is 0.0542. The second-order valence-electron chi connectivity index (χ2n) is 8.09. The second kappa shape index (κ2) is 7.48. The minimum atomic E-state index is -0.0789. The summed E-state index contributed by atoms with van der Waals surface area (Å²) in [5.74, 6) is 1.42. The number of aromatic nitrogens is 2. The third-order valence-electron chi connectivity index (χ3n) is 6.17. The fourth-order valence-electron chi connectivity index (χ4n) is 4.50. The van der Waals surface area contributed by atoms with Gasteiger partial charge in [-0.2, -0.15) is 0 Å². The minimum Gasteiger partial charge on any atom is -0.342 e. The number of para-hydroxylation sites is 2. The number of piperidine rings is 1. The molecule has 2 N–H and O–H groups in total. The molecule has 0 atom stereocenters. The third kappa shape index (κ3) is 3.30. The van der Waals surface area contributed by atoms with Gasteiger partial charge < -0.3 is 15.2 Å². The molecular formula is C23H25N5O2. The van der Waals surface area contributed by atoms with E-state index >= 15 is 0 Å². The molecular weight excluding hydrogens is 378 g/mol. The monoisotopic (exact) mass is 403 g/mol. The van der Waals surface area contributed by atoms with Crippen molar-refractivity contribution in [2.45, 2.75) is 25.7 Å². The first-order chi connectivity index (χ1) is 14.6. The molecule has 3 heterocycles. The molecule has 1 aromatic heterocycles. The van der Waals surface area contributed by atoms with Crippen LogP contribution in [0.3, 0.4) is 0 Å². The van der Waals surface area contributed by atoms with Crippen molar-refractivity contribution >= 4 is 28.7 Å². The van der Waals surface area contributed by atoms with E-state index in [4.69, 9.17) is 4.98 Å². The van der Waals surface area contributed by atoms with Crippen LogP contribution >= 0.6 is 0 Å². The van der Waals surface area contributed by atoms with Crippen molar-refractivity contribution in [2.75, 3.05) is 31.1 Å². The van der Waals surface area contributed by atoms with Crippen molar-refractivity contribution in [2.24, 2.45) is 0 Å². The first-order valence-corrected chi connectivity index (χ1v) is 10.5. The molecule has 2 aliphatic heterocycles. The fourth-order valence-corrected chi connectivity index (χ4v) is 4.50. The zero-order valence-corrected chi connectivity index (χ0v) is 17.0. The van der Waals surface area contributed by atoms with E-state index in [2.05, 4.69) is 10.3 Å². The molecule has 30 heavy (non-hydrogen) atoms. The molecule has 5 rings (SSSR count). The number of benzene rings is 2. The van der Waals surface area contributed by atoms with Crippen LogP contribution in [0.25, 0.3) is 11.0 Å². The summed E-state index contributed by atoms with van der Waals surface area (Å²) in [5.41, 5.74) is 4.54. The van der Waals surface area contributed by atoms with Crippen molar-refractivity contribution in [3.05, 3.63) is 59.4 Å². The zero-order chi connectivity index (χ0) is 20.7. The standard InChI is InChI=1S/C23H25N5O2/c1-15-14-17(6-7-20(15)28-13-10-24-23(28)30)22(29)27-11-8-16(9-12-27)21-25-18-4-2-3-5-19(18)26-21/h2-7,14,16H,8-13H2,1H3,(H,24,30)(H,25,26). The lowest BCUT2D eigenvalue weighted by molar-refractivity contribution is 0.0711. The van der Waals surface area contributed by atoms with Gasteiger partial charge in [-0.1, -0.05) is 12.1 Å². The average molecular weight is 403 g/mol. The maximum Gasteiger partial charge on any atom is 0.322 e. The van der Waals surface area contributed by atoms with Gasteiger partial charge in [0.2, 0.25) is 0 Å². The molecule has 7 heteroatoms. The Labute approximate surface area is 175 Å². The highest BCUT2D eigenvalue weighted by Crippen LogP contribution is 2.29. The Bertz CT molecular complexity index is 1080. The Morgan fingerprint density at radius 3 is 2.60 bits per heavy atom. The van der Waals surface area contributed by atoms with Crippen LogP contribution in [0.5, 0.6) is 0 Å². The SMILES string of the molecule is Cc1cc(C(=O)N2CCC(c3nc4ccccc4[nH]3)CC2)ccc1N1CCNC1=O. The van der Waals surface area contributed by atoms with Crippen LogP contribution in [0.15, 0.2) is 42.5 Å². The summed E-state index contributed by atoms with van der Waals surface area (Å²) < 4.78 is 0. The first kappa shape index (κ1) is 18.7. The molecule has 2 aromatic carbocycles. The number of amides is 3. The average Bonchev–Trinajstić information content (AvgIpc) is 3.39. The van der Waals surface area contributed by atoms with E-state index in [0.717, 1.165) is 54.0 Å². The molecule has 3 amide bonds. The Hall–Kier alpha value is -3.35. The number of aryl methyl sites for hydroxylation is 1. The summed E-state index contributed by atoms with van der Waals surface area (Å²) in [7, 11) is 0. The topological polar surface area (TPSA) is 81.3 Å². The highest BCUT2D eigenvalue weighted by Gasteiger charge is 2.27. The predicted molar refractivity (Wildman–Crippen MR) is 116 cm³/mol. The lowest BCUT2D eigenvalue weighted by atomic mass is 9.95.